The molecule has 0 aliphatic heterocycles. The van der Waals surface area contributed by atoms with Crippen LogP contribution in [0.4, 0.5) is 5.69 Å². The van der Waals surface area contributed by atoms with Crippen LogP contribution in [0, 0.1) is 6.92 Å². The van der Waals surface area contributed by atoms with Crippen LogP contribution in [0.1, 0.15) is 37.8 Å². The molecule has 2 aromatic rings. The predicted octanol–water partition coefficient (Wildman–Crippen LogP) is 4.77. The first-order valence-electron chi connectivity index (χ1n) is 8.49. The minimum Gasteiger partial charge on any atom is -0.373 e. The number of anilines is 1. The molecule has 1 amide bonds. The number of aryl methyl sites for hydroxylation is 1. The first-order valence-corrected chi connectivity index (χ1v) is 8.87. The lowest BCUT2D eigenvalue weighted by atomic mass is 10.1. The Morgan fingerprint density at radius 2 is 1.88 bits per heavy atom. The molecule has 0 unspecified atom stereocenters. The van der Waals surface area contributed by atoms with Gasteiger partial charge in [-0.25, -0.2) is 5.43 Å². The highest BCUT2D eigenvalue weighted by atomic mass is 35.5. The van der Waals surface area contributed by atoms with Gasteiger partial charge in [-0.05, 0) is 49.1 Å². The Hall–Kier alpha value is -2.33. The lowest BCUT2D eigenvalue weighted by Gasteiger charge is -2.18. The van der Waals surface area contributed by atoms with Crippen molar-refractivity contribution < 1.29 is 4.79 Å². The molecule has 0 fully saturated rings. The van der Waals surface area contributed by atoms with Crippen LogP contribution >= 0.6 is 11.6 Å². The molecule has 1 atom stereocenters. The Morgan fingerprint density at radius 1 is 1.16 bits per heavy atom. The van der Waals surface area contributed by atoms with Gasteiger partial charge in [-0.2, -0.15) is 5.10 Å². The van der Waals surface area contributed by atoms with Gasteiger partial charge in [0.25, 0.3) is 5.91 Å². The Morgan fingerprint density at radius 3 is 2.48 bits per heavy atom. The average Bonchev–Trinajstić information content (AvgIpc) is 2.62. The molecule has 2 rings (SSSR count). The van der Waals surface area contributed by atoms with E-state index < -0.39 is 0 Å². The molecule has 25 heavy (non-hydrogen) atoms. The topological polar surface area (TPSA) is 53.5 Å². The molecule has 0 heterocycles. The normalized spacial score (nSPS) is 12.6. The fourth-order valence-electron chi connectivity index (χ4n) is 2.51. The summed E-state index contributed by atoms with van der Waals surface area (Å²) in [7, 11) is 0. The van der Waals surface area contributed by atoms with Crippen molar-refractivity contribution in [2.24, 2.45) is 5.10 Å². The van der Waals surface area contributed by atoms with Gasteiger partial charge in [0.2, 0.25) is 0 Å². The zero-order valence-electron chi connectivity index (χ0n) is 14.8. The molecule has 0 aliphatic rings. The van der Waals surface area contributed by atoms with E-state index in [1.807, 2.05) is 69.3 Å². The number of benzene rings is 2. The number of hydrogen-bond acceptors (Lipinski definition) is 3. The Balaban J connectivity index is 2.07. The molecule has 0 saturated carbocycles. The molecule has 0 bridgehead atoms. The number of nitrogens with one attached hydrogen (secondary N) is 2. The summed E-state index contributed by atoms with van der Waals surface area (Å²) in [5.41, 5.74) is 6.46. The number of hydrazone groups is 1. The fraction of sp³-hybridized carbons (Fsp3) is 0.300. The van der Waals surface area contributed by atoms with Crippen LogP contribution in [0.15, 0.2) is 53.6 Å². The third-order valence-electron chi connectivity index (χ3n) is 3.99. The standard InChI is InChI=1S/C20H24ClN3O/c1-4-17(15-9-7-6-8-10-15)23-24-20(25)18(5-2)22-19-12-11-16(21)13-14(19)3/h6-13,18,22H,4-5H2,1-3H3,(H,24,25)/b23-17+/t18-/m1/s1. The smallest absolute Gasteiger partial charge is 0.262 e. The van der Waals surface area contributed by atoms with E-state index in [0.29, 0.717) is 11.4 Å². The number of amides is 1. The van der Waals surface area contributed by atoms with E-state index in [0.717, 1.165) is 28.9 Å². The van der Waals surface area contributed by atoms with Gasteiger partial charge < -0.3 is 5.32 Å². The summed E-state index contributed by atoms with van der Waals surface area (Å²) in [5, 5.41) is 8.26. The highest BCUT2D eigenvalue weighted by Crippen LogP contribution is 2.20. The summed E-state index contributed by atoms with van der Waals surface area (Å²) >= 11 is 5.98. The molecule has 2 N–H and O–H groups in total. The van der Waals surface area contributed by atoms with Crippen molar-refractivity contribution in [3.63, 3.8) is 0 Å². The highest BCUT2D eigenvalue weighted by Gasteiger charge is 2.17. The van der Waals surface area contributed by atoms with Gasteiger partial charge in [-0.15, -0.1) is 0 Å². The number of hydrogen-bond donors (Lipinski definition) is 2. The van der Waals surface area contributed by atoms with Crippen molar-refractivity contribution >= 4 is 28.9 Å². The maximum atomic E-state index is 12.5. The van der Waals surface area contributed by atoms with Crippen LogP contribution in [0.5, 0.6) is 0 Å². The monoisotopic (exact) mass is 357 g/mol. The third-order valence-corrected chi connectivity index (χ3v) is 4.22. The molecular weight excluding hydrogens is 334 g/mol. The van der Waals surface area contributed by atoms with Crippen molar-refractivity contribution in [2.45, 2.75) is 39.7 Å². The summed E-state index contributed by atoms with van der Waals surface area (Å²) in [5.74, 6) is -0.154. The van der Waals surface area contributed by atoms with E-state index in [2.05, 4.69) is 15.8 Å². The zero-order valence-corrected chi connectivity index (χ0v) is 15.6. The van der Waals surface area contributed by atoms with Gasteiger partial charge in [0, 0.05) is 10.7 Å². The number of nitrogens with zero attached hydrogens (tertiary/aromatic N) is 1. The lowest BCUT2D eigenvalue weighted by molar-refractivity contribution is -0.121. The van der Waals surface area contributed by atoms with E-state index in [9.17, 15) is 4.79 Å². The Kier molecular flexibility index (Phi) is 7.02. The van der Waals surface area contributed by atoms with E-state index in [-0.39, 0.29) is 11.9 Å². The lowest BCUT2D eigenvalue weighted by Crippen LogP contribution is -2.37. The van der Waals surface area contributed by atoms with Crippen LogP contribution in [0.3, 0.4) is 0 Å². The molecule has 132 valence electrons. The zero-order chi connectivity index (χ0) is 18.2. The van der Waals surface area contributed by atoms with Gasteiger partial charge in [0.05, 0.1) is 5.71 Å². The quantitative estimate of drug-likeness (QED) is 0.554. The number of carbonyl (C=O) groups is 1. The van der Waals surface area contributed by atoms with Gasteiger partial charge in [0.1, 0.15) is 6.04 Å². The van der Waals surface area contributed by atoms with Crippen LogP contribution in [0.25, 0.3) is 0 Å². The average molecular weight is 358 g/mol. The van der Waals surface area contributed by atoms with Crippen molar-refractivity contribution in [3.05, 3.63) is 64.7 Å². The first-order chi connectivity index (χ1) is 12.0. The minimum absolute atomic E-state index is 0.154. The van der Waals surface area contributed by atoms with E-state index in [4.69, 9.17) is 11.6 Å². The molecule has 2 aromatic carbocycles. The summed E-state index contributed by atoms with van der Waals surface area (Å²) in [4.78, 5) is 12.5. The summed E-state index contributed by atoms with van der Waals surface area (Å²) in [6.07, 6.45) is 1.39. The maximum absolute atomic E-state index is 12.5. The molecule has 0 aliphatic carbocycles. The SMILES string of the molecule is CC/C(=N\NC(=O)[C@@H](CC)Nc1ccc(Cl)cc1C)c1ccccc1. The number of carbonyl (C=O) groups excluding carboxylic acids is 1. The first kappa shape index (κ1) is 19.0. The summed E-state index contributed by atoms with van der Waals surface area (Å²) in [6.45, 7) is 5.94. The number of rotatable bonds is 7. The van der Waals surface area contributed by atoms with Crippen molar-refractivity contribution in [1.82, 2.24) is 5.43 Å². The second kappa shape index (κ2) is 9.23. The molecule has 5 heteroatoms. The largest absolute Gasteiger partial charge is 0.373 e. The van der Waals surface area contributed by atoms with Gasteiger partial charge in [-0.3, -0.25) is 4.79 Å². The second-order valence-corrected chi connectivity index (χ2v) is 6.25. The van der Waals surface area contributed by atoms with Crippen molar-refractivity contribution in [1.29, 1.82) is 0 Å². The molecular formula is C20H24ClN3O. The van der Waals surface area contributed by atoms with E-state index in [1.165, 1.54) is 0 Å². The van der Waals surface area contributed by atoms with E-state index >= 15 is 0 Å². The third kappa shape index (κ3) is 5.33. The second-order valence-electron chi connectivity index (χ2n) is 5.82. The van der Waals surface area contributed by atoms with Crippen LogP contribution in [-0.2, 0) is 4.79 Å². The van der Waals surface area contributed by atoms with Crippen LogP contribution in [0.2, 0.25) is 5.02 Å². The molecule has 4 nitrogen and oxygen atoms in total. The highest BCUT2D eigenvalue weighted by molar-refractivity contribution is 6.30. The van der Waals surface area contributed by atoms with Crippen LogP contribution in [-0.4, -0.2) is 17.7 Å². The summed E-state index contributed by atoms with van der Waals surface area (Å²) < 4.78 is 0. The molecule has 0 spiro atoms. The van der Waals surface area contributed by atoms with Crippen molar-refractivity contribution in [2.75, 3.05) is 5.32 Å². The predicted molar refractivity (Wildman–Crippen MR) is 105 cm³/mol. The molecule has 0 radical (unpaired) electrons. The van der Waals surface area contributed by atoms with Gasteiger partial charge in [0.15, 0.2) is 0 Å². The van der Waals surface area contributed by atoms with Crippen molar-refractivity contribution in [3.8, 4) is 0 Å². The summed E-state index contributed by atoms with van der Waals surface area (Å²) in [6, 6.07) is 15.1. The van der Waals surface area contributed by atoms with Gasteiger partial charge in [-0.1, -0.05) is 55.8 Å². The van der Waals surface area contributed by atoms with Crippen LogP contribution < -0.4 is 10.7 Å². The fourth-order valence-corrected chi connectivity index (χ4v) is 2.74. The Bertz CT molecular complexity index is 744. The minimum atomic E-state index is -0.363. The number of halogens is 1. The molecule has 0 aromatic heterocycles. The maximum Gasteiger partial charge on any atom is 0.262 e. The Labute approximate surface area is 154 Å². The van der Waals surface area contributed by atoms with E-state index in [1.54, 1.807) is 0 Å². The van der Waals surface area contributed by atoms with Gasteiger partial charge >= 0.3 is 0 Å². The molecule has 0 saturated heterocycles.